The first-order valence-corrected chi connectivity index (χ1v) is 12.0. The van der Waals surface area contributed by atoms with E-state index in [4.69, 9.17) is 21.3 Å². The fraction of sp³-hybridized carbons (Fsp3) is 0.333. The van der Waals surface area contributed by atoms with Crippen LogP contribution in [-0.4, -0.2) is 31.9 Å². The van der Waals surface area contributed by atoms with Crippen LogP contribution in [0.25, 0.3) is 5.70 Å². The number of halogens is 2. The van der Waals surface area contributed by atoms with Crippen molar-refractivity contribution in [2.45, 2.75) is 46.8 Å². The second-order valence-electron chi connectivity index (χ2n) is 9.44. The number of aryl methyl sites for hydroxylation is 2. The zero-order chi connectivity index (χ0) is 26.2. The van der Waals surface area contributed by atoms with Crippen LogP contribution in [0.15, 0.2) is 52.4 Å². The van der Waals surface area contributed by atoms with E-state index in [0.717, 1.165) is 11.3 Å². The van der Waals surface area contributed by atoms with Gasteiger partial charge in [-0.15, -0.1) is 0 Å². The van der Waals surface area contributed by atoms with Crippen LogP contribution < -0.4 is 10.3 Å². The molecule has 9 heteroatoms. The Morgan fingerprint density at radius 2 is 2.03 bits per heavy atom. The molecular formula is C27H28ClFN4O3. The van der Waals surface area contributed by atoms with E-state index < -0.39 is 17.0 Å². The molecule has 1 atom stereocenters. The average Bonchev–Trinajstić information content (AvgIpc) is 2.82. The molecule has 36 heavy (non-hydrogen) atoms. The van der Waals surface area contributed by atoms with E-state index in [-0.39, 0.29) is 29.0 Å². The topological polar surface area (TPSA) is 89.6 Å². The lowest BCUT2D eigenvalue weighted by Crippen LogP contribution is -2.29. The van der Waals surface area contributed by atoms with Crippen molar-refractivity contribution in [3.63, 3.8) is 0 Å². The predicted molar refractivity (Wildman–Crippen MR) is 138 cm³/mol. The Balaban J connectivity index is 1.72. The standard InChI is InChI=1S/C27H28ClFN4O3/c1-15-8-9-23(27(4,5)35)32-25(15)19-12-21(16(2)13-31-19)33-17(3)11-22(24(28)26(33)34)36-14-20-18(29)7-6-10-30-20/h6-12,16,35H,13-14H2,1-5H3/t16-/m1/s1. The van der Waals surface area contributed by atoms with Gasteiger partial charge in [0.1, 0.15) is 34.5 Å². The molecule has 188 valence electrons. The maximum Gasteiger partial charge on any atom is 0.277 e. The summed E-state index contributed by atoms with van der Waals surface area (Å²) in [5, 5.41) is 10.3. The number of allylic oxidation sites excluding steroid dienone is 1. The van der Waals surface area contributed by atoms with Crippen LogP contribution in [0.1, 0.15) is 49.1 Å². The number of hydrogen-bond donors (Lipinski definition) is 1. The minimum absolute atomic E-state index is 0.0617. The van der Waals surface area contributed by atoms with Crippen molar-refractivity contribution in [3.05, 3.63) is 92.1 Å². The highest BCUT2D eigenvalue weighted by Gasteiger charge is 2.25. The van der Waals surface area contributed by atoms with Gasteiger partial charge < -0.3 is 9.84 Å². The number of pyridine rings is 3. The number of aliphatic imine (C=N–C) groups is 1. The van der Waals surface area contributed by atoms with Gasteiger partial charge in [0.15, 0.2) is 0 Å². The number of rotatable bonds is 6. The zero-order valence-electron chi connectivity index (χ0n) is 20.8. The highest BCUT2D eigenvalue weighted by molar-refractivity contribution is 6.31. The molecule has 0 spiro atoms. The molecule has 0 fully saturated rings. The number of nitrogens with zero attached hydrogens (tertiary/aromatic N) is 4. The maximum absolute atomic E-state index is 13.9. The second kappa shape index (κ2) is 9.95. The average molecular weight is 511 g/mol. The molecule has 7 nitrogen and oxygen atoms in total. The number of hydrogen-bond acceptors (Lipinski definition) is 6. The predicted octanol–water partition coefficient (Wildman–Crippen LogP) is 4.83. The van der Waals surface area contributed by atoms with Crippen LogP contribution in [0.2, 0.25) is 5.02 Å². The lowest BCUT2D eigenvalue weighted by Gasteiger charge is -2.25. The second-order valence-corrected chi connectivity index (χ2v) is 9.82. The first-order chi connectivity index (χ1) is 17.0. The molecule has 0 saturated heterocycles. The van der Waals surface area contributed by atoms with Gasteiger partial charge in [-0.25, -0.2) is 9.37 Å². The monoisotopic (exact) mass is 510 g/mol. The van der Waals surface area contributed by atoms with Crippen molar-refractivity contribution in [2.24, 2.45) is 10.9 Å². The third-order valence-electron chi connectivity index (χ3n) is 6.05. The van der Waals surface area contributed by atoms with Gasteiger partial charge in [-0.2, -0.15) is 0 Å². The molecule has 0 unspecified atom stereocenters. The summed E-state index contributed by atoms with van der Waals surface area (Å²) >= 11 is 6.42. The van der Waals surface area contributed by atoms with E-state index in [1.54, 1.807) is 37.5 Å². The number of dihydropyridines is 1. The molecular weight excluding hydrogens is 483 g/mol. The Bertz CT molecular complexity index is 1440. The lowest BCUT2D eigenvalue weighted by molar-refractivity contribution is 0.0738. The fourth-order valence-electron chi connectivity index (χ4n) is 3.99. The van der Waals surface area contributed by atoms with Crippen molar-refractivity contribution >= 4 is 23.0 Å². The van der Waals surface area contributed by atoms with Gasteiger partial charge in [-0.05, 0) is 57.5 Å². The number of ether oxygens (including phenoxy) is 1. The largest absolute Gasteiger partial charge is 0.485 e. The highest BCUT2D eigenvalue weighted by Crippen LogP contribution is 2.29. The molecule has 3 aromatic rings. The molecule has 4 rings (SSSR count). The van der Waals surface area contributed by atoms with E-state index >= 15 is 0 Å². The van der Waals surface area contributed by atoms with E-state index in [0.29, 0.717) is 29.3 Å². The molecule has 1 aliphatic heterocycles. The van der Waals surface area contributed by atoms with Crippen molar-refractivity contribution in [3.8, 4) is 5.75 Å². The van der Waals surface area contributed by atoms with Crippen LogP contribution in [0.3, 0.4) is 0 Å². The van der Waals surface area contributed by atoms with Gasteiger partial charge in [0, 0.05) is 36.1 Å². The molecule has 4 heterocycles. The van der Waals surface area contributed by atoms with Crippen molar-refractivity contribution in [1.29, 1.82) is 0 Å². The summed E-state index contributed by atoms with van der Waals surface area (Å²) in [6.45, 7) is 9.34. The van der Waals surface area contributed by atoms with Gasteiger partial charge in [0.2, 0.25) is 0 Å². The summed E-state index contributed by atoms with van der Waals surface area (Å²) in [6, 6.07) is 8.13. The van der Waals surface area contributed by atoms with E-state index in [1.807, 2.05) is 26.0 Å². The van der Waals surface area contributed by atoms with Gasteiger partial charge in [0.05, 0.1) is 17.1 Å². The van der Waals surface area contributed by atoms with E-state index in [1.165, 1.54) is 18.3 Å². The maximum atomic E-state index is 13.9. The Hall–Kier alpha value is -3.36. The highest BCUT2D eigenvalue weighted by atomic mass is 35.5. The van der Waals surface area contributed by atoms with Gasteiger partial charge >= 0.3 is 0 Å². The summed E-state index contributed by atoms with van der Waals surface area (Å²) < 4.78 is 21.1. The Labute approximate surface area is 214 Å². The van der Waals surface area contributed by atoms with Crippen molar-refractivity contribution in [1.82, 2.24) is 14.5 Å². The Morgan fingerprint density at radius 3 is 2.72 bits per heavy atom. The third-order valence-corrected chi connectivity index (χ3v) is 6.40. The first-order valence-electron chi connectivity index (χ1n) is 11.6. The van der Waals surface area contributed by atoms with Gasteiger partial charge in [0.25, 0.3) is 5.56 Å². The SMILES string of the molecule is Cc1ccc(C(C)(C)O)nc1C1=NC[C@@H](C)C(n2c(C)cc(OCc3ncccc3F)c(Cl)c2=O)=C1. The summed E-state index contributed by atoms with van der Waals surface area (Å²) in [4.78, 5) is 26.7. The lowest BCUT2D eigenvalue weighted by atomic mass is 9.98. The summed E-state index contributed by atoms with van der Waals surface area (Å²) in [5.41, 5.74) is 2.61. The summed E-state index contributed by atoms with van der Waals surface area (Å²) in [5.74, 6) is -0.397. The van der Waals surface area contributed by atoms with Crippen LogP contribution >= 0.6 is 11.6 Å². The zero-order valence-corrected chi connectivity index (χ0v) is 21.6. The fourth-order valence-corrected chi connectivity index (χ4v) is 4.19. The van der Waals surface area contributed by atoms with Gasteiger partial charge in [-0.1, -0.05) is 24.6 Å². The smallest absolute Gasteiger partial charge is 0.277 e. The molecule has 0 bridgehead atoms. The molecule has 1 aliphatic rings. The third kappa shape index (κ3) is 5.10. The molecule has 0 aromatic carbocycles. The molecule has 1 N–H and O–H groups in total. The number of aromatic nitrogens is 3. The number of aliphatic hydroxyl groups is 1. The van der Waals surface area contributed by atoms with E-state index in [9.17, 15) is 14.3 Å². The molecule has 0 radical (unpaired) electrons. The molecule has 3 aromatic heterocycles. The van der Waals surface area contributed by atoms with E-state index in [2.05, 4.69) is 9.97 Å². The summed E-state index contributed by atoms with van der Waals surface area (Å²) in [6.07, 6.45) is 3.31. The van der Waals surface area contributed by atoms with Crippen molar-refractivity contribution in [2.75, 3.05) is 6.54 Å². The quantitative estimate of drug-likeness (QED) is 0.513. The normalized spacial score (nSPS) is 15.9. The van der Waals surface area contributed by atoms with Crippen LogP contribution in [-0.2, 0) is 12.2 Å². The van der Waals surface area contributed by atoms with Crippen LogP contribution in [0, 0.1) is 25.6 Å². The Kier molecular flexibility index (Phi) is 7.11. The molecule has 0 saturated carbocycles. The first kappa shape index (κ1) is 25.7. The Morgan fingerprint density at radius 1 is 1.28 bits per heavy atom. The minimum Gasteiger partial charge on any atom is -0.485 e. The summed E-state index contributed by atoms with van der Waals surface area (Å²) in [7, 11) is 0. The van der Waals surface area contributed by atoms with Gasteiger partial charge in [-0.3, -0.25) is 19.3 Å². The van der Waals surface area contributed by atoms with Crippen LogP contribution in [0.5, 0.6) is 5.75 Å². The minimum atomic E-state index is -1.10. The van der Waals surface area contributed by atoms with Crippen LogP contribution in [0.4, 0.5) is 4.39 Å². The molecule has 0 amide bonds. The molecule has 0 aliphatic carbocycles. The van der Waals surface area contributed by atoms with Crippen molar-refractivity contribution < 1.29 is 14.2 Å².